The summed E-state index contributed by atoms with van der Waals surface area (Å²) in [5.41, 5.74) is 4.07. The van der Waals surface area contributed by atoms with Crippen LogP contribution in [0, 0.1) is 46.3 Å². The molecule has 1 nitrogen and oxygen atoms in total. The molecule has 2 fully saturated rings. The zero-order valence-electron chi connectivity index (χ0n) is 20.7. The van der Waals surface area contributed by atoms with Crippen LogP contribution in [0.2, 0.25) is 0 Å². The van der Waals surface area contributed by atoms with Crippen molar-refractivity contribution in [3.05, 3.63) is 23.3 Å². The maximum atomic E-state index is 10.2. The molecule has 0 bridgehead atoms. The van der Waals surface area contributed by atoms with E-state index >= 15 is 0 Å². The van der Waals surface area contributed by atoms with Gasteiger partial charge in [0.05, 0.1) is 6.10 Å². The Kier molecular flexibility index (Phi) is 6.35. The Morgan fingerprint density at radius 3 is 2.53 bits per heavy atom. The standard InChI is InChI=1S/C29H48O/c1-7-21(19(2)3)9-8-20(4)25-12-13-26-24-11-10-22-18-23(30)14-16-28(22,5)27(24)15-17-29(25,26)6/h10,15,19-21,23-26,30H,7-9,11-14,16-18H2,1-6H3/t20-,21-,23+,24+,25-,26+,28+,29-/m1/s1. The van der Waals surface area contributed by atoms with E-state index in [1.165, 1.54) is 44.9 Å². The first-order chi connectivity index (χ1) is 14.2. The minimum absolute atomic E-state index is 0.107. The van der Waals surface area contributed by atoms with Gasteiger partial charge in [-0.3, -0.25) is 0 Å². The molecule has 0 heterocycles. The van der Waals surface area contributed by atoms with Crippen LogP contribution in [0.5, 0.6) is 0 Å². The smallest absolute Gasteiger partial charge is 0.0578 e. The quantitative estimate of drug-likeness (QED) is 0.439. The maximum absolute atomic E-state index is 10.2. The highest BCUT2D eigenvalue weighted by Crippen LogP contribution is 2.65. The molecule has 0 amide bonds. The number of aliphatic hydroxyl groups is 1. The Hall–Kier alpha value is -0.560. The van der Waals surface area contributed by atoms with Gasteiger partial charge >= 0.3 is 0 Å². The van der Waals surface area contributed by atoms with Crippen molar-refractivity contribution < 1.29 is 5.11 Å². The topological polar surface area (TPSA) is 20.2 Å². The second kappa shape index (κ2) is 8.42. The van der Waals surface area contributed by atoms with E-state index in [9.17, 15) is 5.11 Å². The summed E-state index contributed by atoms with van der Waals surface area (Å²) in [6.07, 6.45) is 17.8. The minimum Gasteiger partial charge on any atom is -0.393 e. The first-order valence-electron chi connectivity index (χ1n) is 13.3. The molecule has 0 aromatic rings. The molecule has 0 unspecified atom stereocenters. The van der Waals surface area contributed by atoms with Crippen LogP contribution >= 0.6 is 0 Å². The average molecular weight is 413 g/mol. The van der Waals surface area contributed by atoms with Crippen LogP contribution in [0.15, 0.2) is 23.3 Å². The van der Waals surface area contributed by atoms with Gasteiger partial charge in [-0.2, -0.15) is 0 Å². The summed E-state index contributed by atoms with van der Waals surface area (Å²) in [5.74, 6) is 5.13. The van der Waals surface area contributed by atoms with E-state index in [0.29, 0.717) is 5.41 Å². The van der Waals surface area contributed by atoms with Gasteiger partial charge in [0.2, 0.25) is 0 Å². The summed E-state index contributed by atoms with van der Waals surface area (Å²) >= 11 is 0. The summed E-state index contributed by atoms with van der Waals surface area (Å²) < 4.78 is 0. The number of allylic oxidation sites excluding steroid dienone is 3. The normalized spacial score (nSPS) is 42.7. The molecule has 8 atom stereocenters. The highest BCUT2D eigenvalue weighted by atomic mass is 16.3. The fourth-order valence-electron chi connectivity index (χ4n) is 8.61. The third-order valence-electron chi connectivity index (χ3n) is 10.7. The summed E-state index contributed by atoms with van der Waals surface area (Å²) in [5, 5.41) is 10.2. The fourth-order valence-corrected chi connectivity index (χ4v) is 8.61. The molecular formula is C29H48O. The Morgan fingerprint density at radius 1 is 1.07 bits per heavy atom. The van der Waals surface area contributed by atoms with E-state index in [4.69, 9.17) is 0 Å². The van der Waals surface area contributed by atoms with Crippen molar-refractivity contribution in [2.45, 2.75) is 112 Å². The first kappa shape index (κ1) is 22.6. The van der Waals surface area contributed by atoms with Crippen molar-refractivity contribution in [2.75, 3.05) is 0 Å². The van der Waals surface area contributed by atoms with Crippen LogP contribution in [-0.2, 0) is 0 Å². The van der Waals surface area contributed by atoms with Crippen molar-refractivity contribution in [3.8, 4) is 0 Å². The summed E-state index contributed by atoms with van der Waals surface area (Å²) in [7, 11) is 0. The van der Waals surface area contributed by atoms with Gasteiger partial charge in [0, 0.05) is 5.41 Å². The second-order valence-electron chi connectivity index (χ2n) is 12.4. The van der Waals surface area contributed by atoms with Crippen molar-refractivity contribution in [1.29, 1.82) is 0 Å². The van der Waals surface area contributed by atoms with Crippen molar-refractivity contribution in [1.82, 2.24) is 0 Å². The largest absolute Gasteiger partial charge is 0.393 e. The lowest BCUT2D eigenvalue weighted by Crippen LogP contribution is -2.45. The molecule has 2 saturated carbocycles. The molecular weight excluding hydrogens is 364 g/mol. The van der Waals surface area contributed by atoms with Crippen molar-refractivity contribution in [2.24, 2.45) is 46.3 Å². The monoisotopic (exact) mass is 412 g/mol. The zero-order valence-corrected chi connectivity index (χ0v) is 20.7. The predicted octanol–water partition coefficient (Wildman–Crippen LogP) is 7.94. The predicted molar refractivity (Wildman–Crippen MR) is 128 cm³/mol. The lowest BCUT2D eigenvalue weighted by molar-refractivity contribution is 0.0559. The Bertz CT molecular complexity index is 686. The van der Waals surface area contributed by atoms with Crippen LogP contribution < -0.4 is 0 Å². The van der Waals surface area contributed by atoms with Gasteiger partial charge in [0.1, 0.15) is 0 Å². The SMILES string of the molecule is CC[C@H](CC[C@@H](C)[C@H]1CC[C@H]2[C@@H]3CC=C4C[C@@H](O)CC[C@]4(C)C3=CC[C@]12C)C(C)C. The van der Waals surface area contributed by atoms with Crippen LogP contribution in [0.1, 0.15) is 106 Å². The number of aliphatic hydroxyl groups excluding tert-OH is 1. The van der Waals surface area contributed by atoms with Gasteiger partial charge in [-0.1, -0.05) is 77.7 Å². The highest BCUT2D eigenvalue weighted by molar-refractivity contribution is 5.39. The molecule has 0 spiro atoms. The van der Waals surface area contributed by atoms with E-state index in [0.717, 1.165) is 54.8 Å². The lowest BCUT2D eigenvalue weighted by atomic mass is 9.51. The van der Waals surface area contributed by atoms with Gasteiger partial charge in [-0.05, 0) is 92.3 Å². The second-order valence-corrected chi connectivity index (χ2v) is 12.4. The fraction of sp³-hybridized carbons (Fsp3) is 0.862. The summed E-state index contributed by atoms with van der Waals surface area (Å²) in [6.45, 7) is 14.9. The van der Waals surface area contributed by atoms with Crippen LogP contribution in [0.25, 0.3) is 0 Å². The summed E-state index contributed by atoms with van der Waals surface area (Å²) in [4.78, 5) is 0. The Balaban J connectivity index is 1.51. The van der Waals surface area contributed by atoms with Crippen LogP contribution in [0.4, 0.5) is 0 Å². The van der Waals surface area contributed by atoms with E-state index in [2.05, 4.69) is 53.7 Å². The van der Waals surface area contributed by atoms with Gasteiger partial charge in [-0.25, -0.2) is 0 Å². The average Bonchev–Trinajstić information content (AvgIpc) is 3.06. The van der Waals surface area contributed by atoms with E-state index < -0.39 is 0 Å². The molecule has 0 aromatic carbocycles. The number of fused-ring (bicyclic) bond motifs is 5. The molecule has 1 N–H and O–H groups in total. The number of hydrogen-bond acceptors (Lipinski definition) is 1. The van der Waals surface area contributed by atoms with Crippen LogP contribution in [0.3, 0.4) is 0 Å². The van der Waals surface area contributed by atoms with Gasteiger partial charge in [0.25, 0.3) is 0 Å². The number of rotatable bonds is 6. The lowest BCUT2D eigenvalue weighted by Gasteiger charge is -2.54. The molecule has 4 aliphatic rings. The van der Waals surface area contributed by atoms with Gasteiger partial charge < -0.3 is 5.11 Å². The molecule has 0 saturated heterocycles. The molecule has 4 aliphatic carbocycles. The Labute approximate surface area is 186 Å². The van der Waals surface area contributed by atoms with Crippen molar-refractivity contribution >= 4 is 0 Å². The zero-order chi connectivity index (χ0) is 21.7. The number of hydrogen-bond donors (Lipinski definition) is 1. The maximum Gasteiger partial charge on any atom is 0.0578 e. The van der Waals surface area contributed by atoms with Gasteiger partial charge in [0.15, 0.2) is 0 Å². The highest BCUT2D eigenvalue weighted by Gasteiger charge is 2.56. The third kappa shape index (κ3) is 3.66. The molecule has 170 valence electrons. The molecule has 1 heteroatoms. The Morgan fingerprint density at radius 2 is 1.83 bits per heavy atom. The van der Waals surface area contributed by atoms with Crippen molar-refractivity contribution in [3.63, 3.8) is 0 Å². The molecule has 0 aromatic heterocycles. The third-order valence-corrected chi connectivity index (χ3v) is 10.7. The first-order valence-corrected chi connectivity index (χ1v) is 13.3. The van der Waals surface area contributed by atoms with E-state index in [1.807, 2.05) is 0 Å². The molecule has 0 radical (unpaired) electrons. The minimum atomic E-state index is -0.107. The molecule has 4 rings (SSSR count). The summed E-state index contributed by atoms with van der Waals surface area (Å²) in [6, 6.07) is 0. The molecule has 30 heavy (non-hydrogen) atoms. The van der Waals surface area contributed by atoms with E-state index in [1.54, 1.807) is 11.1 Å². The molecule has 0 aliphatic heterocycles. The van der Waals surface area contributed by atoms with E-state index in [-0.39, 0.29) is 11.5 Å². The van der Waals surface area contributed by atoms with Gasteiger partial charge in [-0.15, -0.1) is 0 Å². The van der Waals surface area contributed by atoms with Crippen LogP contribution in [-0.4, -0.2) is 11.2 Å².